The van der Waals surface area contributed by atoms with E-state index in [-0.39, 0.29) is 6.04 Å². The van der Waals surface area contributed by atoms with Crippen LogP contribution in [0.1, 0.15) is 22.9 Å². The molecule has 3 aliphatic rings. The summed E-state index contributed by atoms with van der Waals surface area (Å²) in [5.41, 5.74) is 11.6. The van der Waals surface area contributed by atoms with Crippen LogP contribution in [-0.4, -0.2) is 22.6 Å². The Balaban J connectivity index is 1.10. The molecular formula is C46H35N5. The highest BCUT2D eigenvalue weighted by molar-refractivity contribution is 6.19. The first-order chi connectivity index (χ1) is 25.3. The Morgan fingerprint density at radius 2 is 1.57 bits per heavy atom. The summed E-state index contributed by atoms with van der Waals surface area (Å²) in [5, 5.41) is 18.2. The van der Waals surface area contributed by atoms with Crippen molar-refractivity contribution in [3.8, 4) is 5.69 Å². The molecule has 0 aliphatic carbocycles. The first-order valence-electron chi connectivity index (χ1n) is 17.6. The highest BCUT2D eigenvalue weighted by Gasteiger charge is 2.20. The molecule has 0 fully saturated rings. The van der Waals surface area contributed by atoms with Crippen molar-refractivity contribution in [2.75, 3.05) is 13.1 Å². The van der Waals surface area contributed by atoms with Crippen molar-refractivity contribution in [2.45, 2.75) is 6.04 Å². The van der Waals surface area contributed by atoms with Gasteiger partial charge in [-0.3, -0.25) is 4.98 Å². The number of benzene rings is 5. The average Bonchev–Trinajstić information content (AvgIpc) is 3.55. The summed E-state index contributed by atoms with van der Waals surface area (Å²) in [4.78, 5) is 4.53. The second-order valence-corrected chi connectivity index (χ2v) is 13.4. The normalized spacial score (nSPS) is 17.1. The maximum Gasteiger partial charge on any atom is 0.0716 e. The molecule has 5 heterocycles. The van der Waals surface area contributed by atoms with Crippen LogP contribution in [0.4, 0.5) is 0 Å². The predicted octanol–water partition coefficient (Wildman–Crippen LogP) is 9.64. The molecule has 10 rings (SSSR count). The molecule has 7 aromatic rings. The van der Waals surface area contributed by atoms with Gasteiger partial charge in [0.1, 0.15) is 0 Å². The SMILES string of the molecule is C1=CCNC(C2=CC=C(c3ccc4c(ccc5c6ccc(C7C=CC(c8ccccn8)=CN7)cc6n(-c6ccc7ccccc7c6)c45)c3)NC2)=C1. The van der Waals surface area contributed by atoms with Gasteiger partial charge in [0.25, 0.3) is 0 Å². The van der Waals surface area contributed by atoms with E-state index in [9.17, 15) is 0 Å². The molecule has 0 spiro atoms. The second-order valence-electron chi connectivity index (χ2n) is 13.4. The lowest BCUT2D eigenvalue weighted by molar-refractivity contribution is 0.749. The molecule has 5 aromatic carbocycles. The van der Waals surface area contributed by atoms with Crippen LogP contribution in [0.15, 0.2) is 175 Å². The first-order valence-corrected chi connectivity index (χ1v) is 17.6. The maximum absolute atomic E-state index is 4.53. The van der Waals surface area contributed by atoms with E-state index in [2.05, 4.69) is 165 Å². The molecule has 3 aliphatic heterocycles. The number of pyridine rings is 1. The lowest BCUT2D eigenvalue weighted by Crippen LogP contribution is -2.25. The zero-order chi connectivity index (χ0) is 33.7. The number of aromatic nitrogens is 2. The van der Waals surface area contributed by atoms with E-state index in [1.807, 2.05) is 24.4 Å². The van der Waals surface area contributed by atoms with Crippen molar-refractivity contribution in [3.63, 3.8) is 0 Å². The molecule has 5 heteroatoms. The molecule has 244 valence electrons. The summed E-state index contributed by atoms with van der Waals surface area (Å²) >= 11 is 0. The fraction of sp³-hybridized carbons (Fsp3) is 0.0652. The van der Waals surface area contributed by atoms with Crippen LogP contribution in [0.25, 0.3) is 60.3 Å². The molecule has 5 nitrogen and oxygen atoms in total. The Hall–Kier alpha value is -6.59. The molecule has 0 bridgehead atoms. The molecule has 3 N–H and O–H groups in total. The van der Waals surface area contributed by atoms with Gasteiger partial charge < -0.3 is 20.5 Å². The van der Waals surface area contributed by atoms with Gasteiger partial charge >= 0.3 is 0 Å². The maximum atomic E-state index is 4.53. The molecule has 2 aromatic heterocycles. The van der Waals surface area contributed by atoms with Gasteiger partial charge in [0.15, 0.2) is 0 Å². The van der Waals surface area contributed by atoms with Gasteiger partial charge in [-0.05, 0) is 81.4 Å². The minimum atomic E-state index is 0.0525. The lowest BCUT2D eigenvalue weighted by atomic mass is 9.98. The van der Waals surface area contributed by atoms with Crippen LogP contribution in [0.2, 0.25) is 0 Å². The van der Waals surface area contributed by atoms with Gasteiger partial charge in [0.2, 0.25) is 0 Å². The van der Waals surface area contributed by atoms with E-state index in [1.165, 1.54) is 65.7 Å². The van der Waals surface area contributed by atoms with Gasteiger partial charge in [-0.25, -0.2) is 0 Å². The van der Waals surface area contributed by atoms with Gasteiger partial charge in [-0.1, -0.05) is 103 Å². The van der Waals surface area contributed by atoms with Gasteiger partial charge in [0.05, 0.1) is 22.8 Å². The van der Waals surface area contributed by atoms with Crippen LogP contribution in [0, 0.1) is 0 Å². The summed E-state index contributed by atoms with van der Waals surface area (Å²) < 4.78 is 2.47. The van der Waals surface area contributed by atoms with Crippen molar-refractivity contribution in [2.24, 2.45) is 0 Å². The van der Waals surface area contributed by atoms with Crippen LogP contribution in [0.3, 0.4) is 0 Å². The van der Waals surface area contributed by atoms with Crippen LogP contribution in [0.5, 0.6) is 0 Å². The van der Waals surface area contributed by atoms with E-state index in [1.54, 1.807) is 0 Å². The van der Waals surface area contributed by atoms with Crippen molar-refractivity contribution >= 4 is 54.6 Å². The molecule has 1 unspecified atom stereocenters. The number of allylic oxidation sites excluding steroid dienone is 6. The molecule has 0 saturated carbocycles. The third-order valence-electron chi connectivity index (χ3n) is 10.4. The van der Waals surface area contributed by atoms with E-state index in [4.69, 9.17) is 0 Å². The number of nitrogens with one attached hydrogen (secondary N) is 3. The average molecular weight is 658 g/mol. The highest BCUT2D eigenvalue weighted by Crippen LogP contribution is 2.39. The van der Waals surface area contributed by atoms with E-state index in [0.29, 0.717) is 0 Å². The highest BCUT2D eigenvalue weighted by atomic mass is 15.0. The van der Waals surface area contributed by atoms with Crippen LogP contribution in [-0.2, 0) is 0 Å². The van der Waals surface area contributed by atoms with Gasteiger partial charge in [-0.2, -0.15) is 0 Å². The van der Waals surface area contributed by atoms with Crippen molar-refractivity contribution in [1.82, 2.24) is 25.5 Å². The predicted molar refractivity (Wildman–Crippen MR) is 212 cm³/mol. The number of rotatable bonds is 5. The number of hydrogen-bond acceptors (Lipinski definition) is 4. The van der Waals surface area contributed by atoms with Crippen molar-refractivity contribution in [3.05, 3.63) is 192 Å². The Labute approximate surface area is 296 Å². The van der Waals surface area contributed by atoms with Crippen LogP contribution >= 0.6 is 0 Å². The summed E-state index contributed by atoms with van der Waals surface area (Å²) in [7, 11) is 0. The topological polar surface area (TPSA) is 53.9 Å². The molecule has 1 atom stereocenters. The minimum absolute atomic E-state index is 0.0525. The van der Waals surface area contributed by atoms with Gasteiger partial charge in [-0.15, -0.1) is 0 Å². The number of fused-ring (bicyclic) bond motifs is 6. The largest absolute Gasteiger partial charge is 0.381 e. The zero-order valence-corrected chi connectivity index (χ0v) is 28.0. The third-order valence-corrected chi connectivity index (χ3v) is 10.4. The monoisotopic (exact) mass is 657 g/mol. The quantitative estimate of drug-likeness (QED) is 0.173. The Morgan fingerprint density at radius 3 is 2.39 bits per heavy atom. The number of dihydropyridines is 3. The van der Waals surface area contributed by atoms with E-state index >= 15 is 0 Å². The zero-order valence-electron chi connectivity index (χ0n) is 28.0. The third kappa shape index (κ3) is 5.13. The summed E-state index contributed by atoms with van der Waals surface area (Å²) in [5.74, 6) is 0. The summed E-state index contributed by atoms with van der Waals surface area (Å²) in [6.45, 7) is 1.66. The summed E-state index contributed by atoms with van der Waals surface area (Å²) in [6.07, 6.45) is 19.2. The molecular weight excluding hydrogens is 623 g/mol. The van der Waals surface area contributed by atoms with Crippen molar-refractivity contribution < 1.29 is 0 Å². The molecule has 51 heavy (non-hydrogen) atoms. The fourth-order valence-electron chi connectivity index (χ4n) is 7.74. The number of nitrogens with zero attached hydrogens (tertiary/aromatic N) is 2. The first kappa shape index (κ1) is 29.3. The molecule has 0 saturated heterocycles. The van der Waals surface area contributed by atoms with Crippen LogP contribution < -0.4 is 16.0 Å². The Kier molecular flexibility index (Phi) is 6.95. The second kappa shape index (κ2) is 12.1. The summed E-state index contributed by atoms with van der Waals surface area (Å²) in [6, 6.07) is 39.9. The fourth-order valence-corrected chi connectivity index (χ4v) is 7.74. The Morgan fingerprint density at radius 1 is 0.686 bits per heavy atom. The van der Waals surface area contributed by atoms with E-state index in [0.717, 1.165) is 35.7 Å². The minimum Gasteiger partial charge on any atom is -0.381 e. The lowest BCUT2D eigenvalue weighted by Gasteiger charge is -2.21. The van der Waals surface area contributed by atoms with Gasteiger partial charge in [0, 0.05) is 64.3 Å². The molecule has 0 radical (unpaired) electrons. The molecule has 0 amide bonds. The Bertz CT molecular complexity index is 2720. The smallest absolute Gasteiger partial charge is 0.0716 e. The number of hydrogen-bond donors (Lipinski definition) is 3. The van der Waals surface area contributed by atoms with Crippen molar-refractivity contribution in [1.29, 1.82) is 0 Å². The standard InChI is InChI=1S/C46H35N5/c1-2-8-31-26-37(17-11-30(31)7-1)51-45-27-34(44-22-16-36(29-50-44)42-10-4-6-24-48-42)14-19-39(45)40-20-12-32-25-33(13-18-38(32)46(40)51)43-21-15-35(28-49-43)41-9-3-5-23-47-41/h1-22,24-27,29,44,47,49-50H,23,28H2. The van der Waals surface area contributed by atoms with E-state index < -0.39 is 0 Å².